The van der Waals surface area contributed by atoms with Crippen molar-refractivity contribution in [1.29, 1.82) is 0 Å². The van der Waals surface area contributed by atoms with E-state index in [1.807, 2.05) is 30.3 Å². The van der Waals surface area contributed by atoms with Gasteiger partial charge in [-0.25, -0.2) is 0 Å². The van der Waals surface area contributed by atoms with E-state index in [2.05, 4.69) is 6.92 Å². The van der Waals surface area contributed by atoms with Gasteiger partial charge in [-0.05, 0) is 30.2 Å². The molecule has 1 aliphatic heterocycles. The lowest BCUT2D eigenvalue weighted by atomic mass is 10.0. The van der Waals surface area contributed by atoms with Crippen LogP contribution in [0.15, 0.2) is 46.2 Å². The largest absolute Gasteiger partial charge is 0.492 e. The van der Waals surface area contributed by atoms with Gasteiger partial charge in [0.15, 0.2) is 0 Å². The summed E-state index contributed by atoms with van der Waals surface area (Å²) < 4.78 is 5.78. The Labute approximate surface area is 127 Å². The highest BCUT2D eigenvalue weighted by atomic mass is 35.5. The van der Waals surface area contributed by atoms with Gasteiger partial charge >= 0.3 is 0 Å². The number of aliphatic hydroxyl groups is 1. The zero-order chi connectivity index (χ0) is 14.1. The van der Waals surface area contributed by atoms with E-state index in [4.69, 9.17) is 16.3 Å². The minimum atomic E-state index is -0.694. The third kappa shape index (κ3) is 2.30. The van der Waals surface area contributed by atoms with Crippen LogP contribution in [0.1, 0.15) is 30.6 Å². The van der Waals surface area contributed by atoms with Gasteiger partial charge < -0.3 is 9.84 Å². The molecule has 0 aromatic heterocycles. The predicted molar refractivity (Wildman–Crippen MR) is 81.9 cm³/mol. The van der Waals surface area contributed by atoms with Crippen LogP contribution in [-0.4, -0.2) is 11.7 Å². The zero-order valence-electron chi connectivity index (χ0n) is 11.1. The van der Waals surface area contributed by atoms with Crippen molar-refractivity contribution in [3.63, 3.8) is 0 Å². The number of aliphatic hydroxyl groups excluding tert-OH is 1. The van der Waals surface area contributed by atoms with Crippen LogP contribution in [0.4, 0.5) is 0 Å². The van der Waals surface area contributed by atoms with Gasteiger partial charge in [0.25, 0.3) is 0 Å². The number of rotatable bonds is 3. The normalized spacial score (nSPS) is 16.4. The van der Waals surface area contributed by atoms with E-state index < -0.39 is 6.10 Å². The highest BCUT2D eigenvalue weighted by Crippen LogP contribution is 2.50. The topological polar surface area (TPSA) is 29.5 Å². The first-order valence-corrected chi connectivity index (χ1v) is 7.82. The number of benzene rings is 2. The maximum atomic E-state index is 10.6. The van der Waals surface area contributed by atoms with Crippen molar-refractivity contribution in [2.75, 3.05) is 6.61 Å². The van der Waals surface area contributed by atoms with Crippen molar-refractivity contribution in [3.8, 4) is 5.75 Å². The Morgan fingerprint density at radius 2 is 2.05 bits per heavy atom. The minimum absolute atomic E-state index is 0.582. The molecule has 2 nitrogen and oxygen atoms in total. The molecule has 1 N–H and O–H groups in total. The van der Waals surface area contributed by atoms with E-state index in [1.165, 1.54) is 0 Å². The van der Waals surface area contributed by atoms with Gasteiger partial charge in [0.1, 0.15) is 11.9 Å². The van der Waals surface area contributed by atoms with Crippen LogP contribution < -0.4 is 4.74 Å². The van der Waals surface area contributed by atoms with Gasteiger partial charge in [0.2, 0.25) is 0 Å². The van der Waals surface area contributed by atoms with Crippen molar-refractivity contribution >= 4 is 23.4 Å². The summed E-state index contributed by atoms with van der Waals surface area (Å²) in [6.07, 6.45) is 0.251. The van der Waals surface area contributed by atoms with Gasteiger partial charge in [-0.1, -0.05) is 48.5 Å². The van der Waals surface area contributed by atoms with Crippen molar-refractivity contribution in [2.24, 2.45) is 0 Å². The van der Waals surface area contributed by atoms with Gasteiger partial charge in [-0.3, -0.25) is 0 Å². The van der Waals surface area contributed by atoms with Gasteiger partial charge in [0, 0.05) is 15.5 Å². The summed E-state index contributed by atoms with van der Waals surface area (Å²) in [5.74, 6) is 0.796. The number of ether oxygens (including phenoxy) is 1. The lowest BCUT2D eigenvalue weighted by molar-refractivity contribution is 0.211. The van der Waals surface area contributed by atoms with E-state index in [1.54, 1.807) is 17.8 Å². The molecule has 2 aromatic carbocycles. The van der Waals surface area contributed by atoms with Crippen LogP contribution in [0.3, 0.4) is 0 Å². The van der Waals surface area contributed by atoms with Gasteiger partial charge in [0.05, 0.1) is 11.5 Å². The molecule has 20 heavy (non-hydrogen) atoms. The van der Waals surface area contributed by atoms with Crippen LogP contribution in [-0.2, 0) is 0 Å². The molecule has 0 radical (unpaired) electrons. The summed E-state index contributed by atoms with van der Waals surface area (Å²) in [5.41, 5.74) is 1.66. The highest BCUT2D eigenvalue weighted by molar-refractivity contribution is 7.99. The summed E-state index contributed by atoms with van der Waals surface area (Å²) in [6.45, 7) is 2.73. The zero-order valence-corrected chi connectivity index (χ0v) is 12.7. The molecule has 3 rings (SSSR count). The fourth-order valence-corrected chi connectivity index (χ4v) is 3.85. The standard InChI is InChI=1S/C16H15ClO2S/c1-2-9-19-12-8-7-11(17)14-15(18)10-5-3-4-6-13(10)20-16(12)14/h3-8,15,18H,2,9H2,1H3. The molecule has 1 aliphatic rings. The molecule has 1 unspecified atom stereocenters. The molecule has 0 fully saturated rings. The molecule has 0 spiro atoms. The van der Waals surface area contributed by atoms with Crippen molar-refractivity contribution in [2.45, 2.75) is 29.2 Å². The second kappa shape index (κ2) is 5.68. The SMILES string of the molecule is CCCOc1ccc(Cl)c2c1Sc1ccccc1C2O. The second-order valence-electron chi connectivity index (χ2n) is 4.68. The molecular weight excluding hydrogens is 292 g/mol. The number of hydrogen-bond acceptors (Lipinski definition) is 3. The quantitative estimate of drug-likeness (QED) is 0.893. The van der Waals surface area contributed by atoms with Gasteiger partial charge in [-0.2, -0.15) is 0 Å². The van der Waals surface area contributed by atoms with E-state index >= 15 is 0 Å². The Morgan fingerprint density at radius 3 is 2.85 bits per heavy atom. The van der Waals surface area contributed by atoms with Gasteiger partial charge in [-0.15, -0.1) is 0 Å². The Balaban J connectivity index is 2.10. The molecule has 0 bridgehead atoms. The average Bonchev–Trinajstić information content (AvgIpc) is 2.47. The lowest BCUT2D eigenvalue weighted by Crippen LogP contribution is -2.10. The molecule has 2 aromatic rings. The van der Waals surface area contributed by atoms with E-state index in [-0.39, 0.29) is 0 Å². The first-order chi connectivity index (χ1) is 9.72. The average molecular weight is 307 g/mol. The monoisotopic (exact) mass is 306 g/mol. The van der Waals surface area contributed by atoms with Crippen LogP contribution in [0.25, 0.3) is 0 Å². The van der Waals surface area contributed by atoms with Crippen molar-refractivity contribution in [3.05, 3.63) is 52.5 Å². The van der Waals surface area contributed by atoms with Crippen molar-refractivity contribution < 1.29 is 9.84 Å². The lowest BCUT2D eigenvalue weighted by Gasteiger charge is -2.26. The van der Waals surface area contributed by atoms with Crippen LogP contribution >= 0.6 is 23.4 Å². The van der Waals surface area contributed by atoms with Crippen LogP contribution in [0, 0.1) is 0 Å². The molecule has 1 heterocycles. The Hall–Kier alpha value is -1.16. The molecule has 104 valence electrons. The third-order valence-electron chi connectivity index (χ3n) is 3.27. The summed E-state index contributed by atoms with van der Waals surface area (Å²) in [4.78, 5) is 1.98. The van der Waals surface area contributed by atoms with Crippen LogP contribution in [0.5, 0.6) is 5.75 Å². The molecule has 0 amide bonds. The Morgan fingerprint density at radius 1 is 1.25 bits per heavy atom. The van der Waals surface area contributed by atoms with E-state index in [0.717, 1.165) is 33.1 Å². The summed E-state index contributed by atoms with van der Waals surface area (Å²) in [5, 5.41) is 11.2. The fraction of sp³-hybridized carbons (Fsp3) is 0.250. The first kappa shape index (κ1) is 13.8. The summed E-state index contributed by atoms with van der Waals surface area (Å²) in [7, 11) is 0. The first-order valence-electron chi connectivity index (χ1n) is 6.62. The second-order valence-corrected chi connectivity index (χ2v) is 6.14. The molecule has 0 saturated carbocycles. The molecule has 4 heteroatoms. The summed E-state index contributed by atoms with van der Waals surface area (Å²) >= 11 is 7.89. The van der Waals surface area contributed by atoms with E-state index in [9.17, 15) is 5.11 Å². The number of hydrogen-bond donors (Lipinski definition) is 1. The number of fused-ring (bicyclic) bond motifs is 2. The predicted octanol–water partition coefficient (Wildman–Crippen LogP) is 4.68. The molecule has 0 saturated heterocycles. The molecule has 1 atom stereocenters. The highest BCUT2D eigenvalue weighted by Gasteiger charge is 2.29. The fourth-order valence-electron chi connectivity index (χ4n) is 2.31. The number of halogens is 1. The summed E-state index contributed by atoms with van der Waals surface area (Å²) in [6, 6.07) is 11.5. The molecule has 0 aliphatic carbocycles. The maximum Gasteiger partial charge on any atom is 0.133 e. The molecular formula is C16H15ClO2S. The third-order valence-corrected chi connectivity index (χ3v) is 4.81. The minimum Gasteiger partial charge on any atom is -0.492 e. The smallest absolute Gasteiger partial charge is 0.133 e. The Bertz CT molecular complexity index is 642. The van der Waals surface area contributed by atoms with Crippen molar-refractivity contribution in [1.82, 2.24) is 0 Å². The van der Waals surface area contributed by atoms with E-state index in [0.29, 0.717) is 11.6 Å². The maximum absolute atomic E-state index is 10.6. The Kier molecular flexibility index (Phi) is 3.92. The van der Waals surface area contributed by atoms with Crippen LogP contribution in [0.2, 0.25) is 5.02 Å².